The number of hydrogen-bond acceptors (Lipinski definition) is 2. The molecule has 0 unspecified atom stereocenters. The number of morpholine rings is 1. The van der Waals surface area contributed by atoms with Gasteiger partial charge >= 0.3 is 0 Å². The minimum Gasteiger partial charge on any atom is -0.370 e. The van der Waals surface area contributed by atoms with Gasteiger partial charge < -0.3 is 20.3 Å². The first-order chi connectivity index (χ1) is 13.5. The SMILES string of the molecule is CC(C)c1ccc(NC(=S)N[C@@H](C)[C@H](c2ccccc2)[NH+]2CCOCC2)cc1. The molecule has 1 aliphatic rings. The molecule has 2 aromatic carbocycles. The van der Waals surface area contributed by atoms with Crippen LogP contribution in [0.4, 0.5) is 5.69 Å². The molecular weight excluding hydrogens is 366 g/mol. The summed E-state index contributed by atoms with van der Waals surface area (Å²) in [5, 5.41) is 7.52. The molecule has 0 amide bonds. The van der Waals surface area contributed by atoms with E-state index >= 15 is 0 Å². The molecule has 0 spiro atoms. The number of quaternary nitrogens is 1. The van der Waals surface area contributed by atoms with Crippen molar-refractivity contribution in [2.75, 3.05) is 31.6 Å². The second-order valence-corrected chi connectivity index (χ2v) is 8.23. The summed E-state index contributed by atoms with van der Waals surface area (Å²) in [6, 6.07) is 19.8. The molecule has 1 aliphatic heterocycles. The van der Waals surface area contributed by atoms with E-state index in [0.717, 1.165) is 32.0 Å². The highest BCUT2D eigenvalue weighted by atomic mass is 32.1. The van der Waals surface area contributed by atoms with Crippen LogP contribution in [0.2, 0.25) is 0 Å². The Kier molecular flexibility index (Phi) is 7.43. The van der Waals surface area contributed by atoms with E-state index in [1.165, 1.54) is 11.1 Å². The van der Waals surface area contributed by atoms with Crippen LogP contribution in [0.25, 0.3) is 0 Å². The monoisotopic (exact) mass is 398 g/mol. The summed E-state index contributed by atoms with van der Waals surface area (Å²) >= 11 is 5.61. The van der Waals surface area contributed by atoms with Crippen LogP contribution in [-0.4, -0.2) is 37.5 Å². The van der Waals surface area contributed by atoms with Crippen molar-refractivity contribution >= 4 is 23.0 Å². The van der Waals surface area contributed by atoms with Crippen LogP contribution in [0.5, 0.6) is 0 Å². The molecule has 2 aromatic rings. The largest absolute Gasteiger partial charge is 0.370 e. The predicted octanol–water partition coefficient (Wildman–Crippen LogP) is 3.14. The standard InChI is InChI=1S/C23H31N3OS/c1-17(2)19-9-11-21(12-10-19)25-23(28)24-18(3)22(20-7-5-4-6-8-20)26-13-15-27-16-14-26/h4-12,17-18,22H,13-16H2,1-3H3,(H2,24,25,28)/p+1/t18-,22+/m0/s1. The molecule has 3 N–H and O–H groups in total. The van der Waals surface area contributed by atoms with Crippen molar-refractivity contribution in [2.45, 2.75) is 38.8 Å². The highest BCUT2D eigenvalue weighted by Crippen LogP contribution is 2.18. The van der Waals surface area contributed by atoms with Crippen molar-refractivity contribution in [3.8, 4) is 0 Å². The number of anilines is 1. The van der Waals surface area contributed by atoms with E-state index in [9.17, 15) is 0 Å². The van der Waals surface area contributed by atoms with Gasteiger partial charge in [-0.3, -0.25) is 0 Å². The molecule has 5 heteroatoms. The summed E-state index contributed by atoms with van der Waals surface area (Å²) in [7, 11) is 0. The Morgan fingerprint density at radius 2 is 1.57 bits per heavy atom. The van der Waals surface area contributed by atoms with E-state index in [2.05, 4.69) is 86.0 Å². The summed E-state index contributed by atoms with van der Waals surface area (Å²) in [5.41, 5.74) is 3.69. The quantitative estimate of drug-likeness (QED) is 0.654. The van der Waals surface area contributed by atoms with E-state index in [1.54, 1.807) is 4.90 Å². The first-order valence-electron chi connectivity index (χ1n) is 10.2. The minimum atomic E-state index is 0.199. The van der Waals surface area contributed by atoms with E-state index in [0.29, 0.717) is 17.1 Å². The third-order valence-electron chi connectivity index (χ3n) is 5.43. The normalized spacial score (nSPS) is 17.1. The van der Waals surface area contributed by atoms with Gasteiger partial charge in [0.15, 0.2) is 5.11 Å². The summed E-state index contributed by atoms with van der Waals surface area (Å²) < 4.78 is 5.57. The van der Waals surface area contributed by atoms with E-state index in [1.807, 2.05) is 0 Å². The summed E-state index contributed by atoms with van der Waals surface area (Å²) in [5.74, 6) is 0.530. The molecule has 4 nitrogen and oxygen atoms in total. The molecule has 28 heavy (non-hydrogen) atoms. The van der Waals surface area contributed by atoms with Crippen LogP contribution in [0.1, 0.15) is 43.9 Å². The molecular formula is C23H32N3OS+. The smallest absolute Gasteiger partial charge is 0.171 e. The molecule has 3 rings (SSSR count). The number of thiocarbonyl (C=S) groups is 1. The maximum atomic E-state index is 5.61. The number of ether oxygens (including phenoxy) is 1. The highest BCUT2D eigenvalue weighted by Gasteiger charge is 2.31. The van der Waals surface area contributed by atoms with Crippen molar-refractivity contribution in [1.29, 1.82) is 0 Å². The van der Waals surface area contributed by atoms with E-state index in [-0.39, 0.29) is 6.04 Å². The molecule has 1 heterocycles. The lowest BCUT2D eigenvalue weighted by molar-refractivity contribution is -0.940. The summed E-state index contributed by atoms with van der Waals surface area (Å²) in [6.07, 6.45) is 0. The number of hydrogen-bond donors (Lipinski definition) is 3. The first kappa shape index (κ1) is 20.8. The second kappa shape index (κ2) is 10.0. The van der Waals surface area contributed by atoms with Crippen LogP contribution < -0.4 is 15.5 Å². The molecule has 2 atom stereocenters. The van der Waals surface area contributed by atoms with Gasteiger partial charge in [0.1, 0.15) is 19.1 Å². The second-order valence-electron chi connectivity index (χ2n) is 7.82. The number of benzene rings is 2. The van der Waals surface area contributed by atoms with Crippen LogP contribution in [0.15, 0.2) is 54.6 Å². The molecule has 0 radical (unpaired) electrons. The van der Waals surface area contributed by atoms with Gasteiger partial charge in [0.25, 0.3) is 0 Å². The highest BCUT2D eigenvalue weighted by molar-refractivity contribution is 7.80. The molecule has 150 valence electrons. The minimum absolute atomic E-state index is 0.199. The Balaban J connectivity index is 1.66. The average Bonchev–Trinajstić information content (AvgIpc) is 2.70. The predicted molar refractivity (Wildman–Crippen MR) is 120 cm³/mol. The Morgan fingerprint density at radius 3 is 2.18 bits per heavy atom. The lowest BCUT2D eigenvalue weighted by Gasteiger charge is -2.35. The number of nitrogens with one attached hydrogen (secondary N) is 3. The Labute approximate surface area is 174 Å². The van der Waals surface area contributed by atoms with Crippen molar-refractivity contribution in [1.82, 2.24) is 5.32 Å². The van der Waals surface area contributed by atoms with Gasteiger partial charge in [-0.05, 0) is 42.8 Å². The van der Waals surface area contributed by atoms with E-state index < -0.39 is 0 Å². The molecule has 0 saturated carbocycles. The molecule has 1 fully saturated rings. The zero-order valence-corrected chi connectivity index (χ0v) is 17.9. The molecule has 0 bridgehead atoms. The van der Waals surface area contributed by atoms with Gasteiger partial charge in [0.05, 0.1) is 19.3 Å². The summed E-state index contributed by atoms with van der Waals surface area (Å²) in [4.78, 5) is 1.54. The Morgan fingerprint density at radius 1 is 0.929 bits per heavy atom. The fourth-order valence-electron chi connectivity index (χ4n) is 3.89. The lowest BCUT2D eigenvalue weighted by atomic mass is 9.98. The van der Waals surface area contributed by atoms with Crippen molar-refractivity contribution in [2.24, 2.45) is 0 Å². The lowest BCUT2D eigenvalue weighted by Crippen LogP contribution is -3.15. The van der Waals surface area contributed by atoms with Crippen molar-refractivity contribution < 1.29 is 9.64 Å². The third-order valence-corrected chi connectivity index (χ3v) is 5.65. The first-order valence-corrected chi connectivity index (χ1v) is 10.6. The van der Waals surface area contributed by atoms with Gasteiger partial charge in [0, 0.05) is 11.3 Å². The van der Waals surface area contributed by atoms with Gasteiger partial charge in [-0.1, -0.05) is 56.3 Å². The van der Waals surface area contributed by atoms with Crippen LogP contribution in [-0.2, 0) is 4.74 Å². The molecule has 0 aliphatic carbocycles. The third kappa shape index (κ3) is 5.53. The average molecular weight is 399 g/mol. The molecule has 0 aromatic heterocycles. The maximum Gasteiger partial charge on any atom is 0.171 e. The summed E-state index contributed by atoms with van der Waals surface area (Å²) in [6.45, 7) is 10.3. The van der Waals surface area contributed by atoms with Gasteiger partial charge in [-0.2, -0.15) is 0 Å². The van der Waals surface area contributed by atoms with Crippen LogP contribution in [0.3, 0.4) is 0 Å². The maximum absolute atomic E-state index is 5.61. The Bertz CT molecular complexity index is 742. The topological polar surface area (TPSA) is 37.7 Å². The van der Waals surface area contributed by atoms with Gasteiger partial charge in [0.2, 0.25) is 0 Å². The van der Waals surface area contributed by atoms with Crippen molar-refractivity contribution in [3.63, 3.8) is 0 Å². The van der Waals surface area contributed by atoms with Crippen molar-refractivity contribution in [3.05, 3.63) is 65.7 Å². The van der Waals surface area contributed by atoms with Crippen LogP contribution >= 0.6 is 12.2 Å². The van der Waals surface area contributed by atoms with E-state index in [4.69, 9.17) is 17.0 Å². The fourth-order valence-corrected chi connectivity index (χ4v) is 4.20. The Hall–Kier alpha value is -1.95. The fraction of sp³-hybridized carbons (Fsp3) is 0.435. The molecule has 1 saturated heterocycles. The van der Waals surface area contributed by atoms with Gasteiger partial charge in [-0.25, -0.2) is 0 Å². The van der Waals surface area contributed by atoms with Crippen LogP contribution in [0, 0.1) is 0 Å². The zero-order chi connectivity index (χ0) is 19.9. The van der Waals surface area contributed by atoms with Gasteiger partial charge in [-0.15, -0.1) is 0 Å². The number of rotatable bonds is 6. The zero-order valence-electron chi connectivity index (χ0n) is 17.1.